The van der Waals surface area contributed by atoms with Crippen molar-refractivity contribution >= 4 is 11.5 Å². The van der Waals surface area contributed by atoms with Gasteiger partial charge < -0.3 is 28.5 Å². The zero-order chi connectivity index (χ0) is 20.1. The van der Waals surface area contributed by atoms with Gasteiger partial charge in [0.15, 0.2) is 5.75 Å². The molecule has 29 heavy (non-hydrogen) atoms. The predicted octanol–water partition coefficient (Wildman–Crippen LogP) is 3.40. The Morgan fingerprint density at radius 3 is 2.69 bits per heavy atom. The lowest BCUT2D eigenvalue weighted by molar-refractivity contribution is -0.0388. The van der Waals surface area contributed by atoms with Crippen LogP contribution in [-0.2, 0) is 9.47 Å². The minimum Gasteiger partial charge on any atom is -0.491 e. The van der Waals surface area contributed by atoms with Gasteiger partial charge in [0.1, 0.15) is 23.7 Å². The minimum atomic E-state index is -1.06. The van der Waals surface area contributed by atoms with Gasteiger partial charge in [-0.05, 0) is 43.2 Å². The van der Waals surface area contributed by atoms with Gasteiger partial charge in [-0.3, -0.25) is 0 Å². The zero-order valence-electron chi connectivity index (χ0n) is 15.8. The Kier molecular flexibility index (Phi) is 5.92. The normalized spacial score (nSPS) is 14.8. The van der Waals surface area contributed by atoms with E-state index in [9.17, 15) is 9.90 Å². The maximum absolute atomic E-state index is 11.5. The fourth-order valence-electron chi connectivity index (χ4n) is 3.15. The summed E-state index contributed by atoms with van der Waals surface area (Å²) in [6.45, 7) is 2.49. The van der Waals surface area contributed by atoms with Crippen LogP contribution in [0.4, 0.5) is 0 Å². The van der Waals surface area contributed by atoms with Crippen molar-refractivity contribution in [1.82, 2.24) is 9.38 Å². The number of aromatic carboxylic acids is 1. The molecule has 1 aromatic carbocycles. The van der Waals surface area contributed by atoms with Gasteiger partial charge in [-0.25, -0.2) is 9.78 Å². The number of hydrogen-bond donors (Lipinski definition) is 1. The number of rotatable bonds is 8. The molecule has 152 valence electrons. The van der Waals surface area contributed by atoms with Crippen molar-refractivity contribution in [2.24, 2.45) is 0 Å². The molecule has 1 aliphatic rings. The molecule has 0 saturated carbocycles. The van der Waals surface area contributed by atoms with E-state index in [1.165, 1.54) is 6.07 Å². The Balaban J connectivity index is 1.34. The lowest BCUT2D eigenvalue weighted by atomic mass is 10.2. The topological polar surface area (TPSA) is 91.5 Å². The summed E-state index contributed by atoms with van der Waals surface area (Å²) in [5.41, 5.74) is 0.755. The molecule has 4 rings (SSSR count). The molecule has 2 aromatic heterocycles. The number of nitrogens with zero attached hydrogens (tertiary/aromatic N) is 2. The molecule has 0 unspecified atom stereocenters. The van der Waals surface area contributed by atoms with Gasteiger partial charge in [0.2, 0.25) is 0 Å². The summed E-state index contributed by atoms with van der Waals surface area (Å²) < 4.78 is 24.3. The third-order valence-corrected chi connectivity index (χ3v) is 4.67. The van der Waals surface area contributed by atoms with E-state index in [0.29, 0.717) is 30.2 Å². The van der Waals surface area contributed by atoms with E-state index in [2.05, 4.69) is 4.98 Å². The highest BCUT2D eigenvalue weighted by Gasteiger charge is 2.15. The maximum Gasteiger partial charge on any atom is 0.339 e. The van der Waals surface area contributed by atoms with Crippen molar-refractivity contribution in [2.75, 3.05) is 26.4 Å². The van der Waals surface area contributed by atoms with Gasteiger partial charge in [-0.2, -0.15) is 0 Å². The molecule has 1 aliphatic heterocycles. The molecule has 1 fully saturated rings. The van der Waals surface area contributed by atoms with Crippen LogP contribution in [0.2, 0.25) is 0 Å². The quantitative estimate of drug-likeness (QED) is 0.582. The second kappa shape index (κ2) is 8.93. The first-order valence-electron chi connectivity index (χ1n) is 9.48. The minimum absolute atomic E-state index is 0.0728. The van der Waals surface area contributed by atoms with Gasteiger partial charge in [0.25, 0.3) is 0 Å². The largest absolute Gasteiger partial charge is 0.491 e. The molecular formula is C21H22N2O6. The number of imidazole rings is 1. The zero-order valence-corrected chi connectivity index (χ0v) is 15.8. The van der Waals surface area contributed by atoms with E-state index in [-0.39, 0.29) is 17.4 Å². The highest BCUT2D eigenvalue weighted by Crippen LogP contribution is 2.28. The Morgan fingerprint density at radius 1 is 1.17 bits per heavy atom. The van der Waals surface area contributed by atoms with E-state index in [1.54, 1.807) is 47.4 Å². The molecule has 3 heterocycles. The number of aromatic nitrogens is 2. The molecule has 0 atom stereocenters. The monoisotopic (exact) mass is 398 g/mol. The second-order valence-corrected chi connectivity index (χ2v) is 6.69. The van der Waals surface area contributed by atoms with Gasteiger partial charge in [0.05, 0.1) is 36.9 Å². The van der Waals surface area contributed by atoms with Crippen LogP contribution in [0.15, 0.2) is 49.1 Å². The fourth-order valence-corrected chi connectivity index (χ4v) is 3.15. The van der Waals surface area contributed by atoms with Crippen molar-refractivity contribution in [3.63, 3.8) is 0 Å². The van der Waals surface area contributed by atoms with Crippen molar-refractivity contribution in [1.29, 1.82) is 0 Å². The Bertz CT molecular complexity index is 963. The summed E-state index contributed by atoms with van der Waals surface area (Å²) in [7, 11) is 0. The van der Waals surface area contributed by atoms with Crippen molar-refractivity contribution in [3.05, 3.63) is 54.6 Å². The Hall–Kier alpha value is -3.10. The first kappa shape index (κ1) is 19.2. The number of carboxylic acids is 1. The smallest absolute Gasteiger partial charge is 0.339 e. The van der Waals surface area contributed by atoms with Crippen LogP contribution in [-0.4, -0.2) is 53.0 Å². The number of ether oxygens (including phenoxy) is 4. The average Bonchev–Trinajstić information content (AvgIpc) is 3.20. The summed E-state index contributed by atoms with van der Waals surface area (Å²) in [6, 6.07) is 8.55. The third kappa shape index (κ3) is 4.85. The number of fused-ring (bicyclic) bond motifs is 1. The maximum atomic E-state index is 11.5. The second-order valence-electron chi connectivity index (χ2n) is 6.69. The van der Waals surface area contributed by atoms with Crippen LogP contribution >= 0.6 is 0 Å². The van der Waals surface area contributed by atoms with Crippen molar-refractivity contribution < 1.29 is 28.8 Å². The summed E-state index contributed by atoms with van der Waals surface area (Å²) in [5.74, 6) is 0.379. The van der Waals surface area contributed by atoms with Crippen LogP contribution in [0.5, 0.6) is 17.2 Å². The molecule has 0 spiro atoms. The lowest BCUT2D eigenvalue weighted by Crippen LogP contribution is -2.25. The summed E-state index contributed by atoms with van der Waals surface area (Å²) in [4.78, 5) is 15.6. The summed E-state index contributed by atoms with van der Waals surface area (Å²) in [6.07, 6.45) is 6.88. The summed E-state index contributed by atoms with van der Waals surface area (Å²) >= 11 is 0. The van der Waals surface area contributed by atoms with Crippen LogP contribution < -0.4 is 9.47 Å². The van der Waals surface area contributed by atoms with Crippen molar-refractivity contribution in [3.8, 4) is 17.2 Å². The molecule has 1 N–H and O–H groups in total. The molecule has 8 heteroatoms. The molecule has 1 saturated heterocycles. The molecule has 8 nitrogen and oxygen atoms in total. The fraction of sp³-hybridized carbons (Fsp3) is 0.333. The Morgan fingerprint density at radius 2 is 1.93 bits per heavy atom. The molecule has 0 aliphatic carbocycles. The van der Waals surface area contributed by atoms with Crippen LogP contribution in [0.25, 0.3) is 5.52 Å². The van der Waals surface area contributed by atoms with Gasteiger partial charge in [-0.1, -0.05) is 0 Å². The molecule has 0 radical (unpaired) electrons. The SMILES string of the molecule is O=C(O)c1cc2cncn2cc1Oc1ccc(OCCOC2CCOCC2)cc1. The average molecular weight is 398 g/mol. The molecular weight excluding hydrogens is 376 g/mol. The van der Waals surface area contributed by atoms with E-state index < -0.39 is 5.97 Å². The molecule has 0 bridgehead atoms. The third-order valence-electron chi connectivity index (χ3n) is 4.67. The highest BCUT2D eigenvalue weighted by molar-refractivity contribution is 5.92. The number of carboxylic acid groups (broad SMARTS) is 1. The van der Waals surface area contributed by atoms with E-state index in [1.807, 2.05) is 0 Å². The molecule has 0 amide bonds. The standard InChI is InChI=1S/C21H22N2O6/c24-21(25)19-11-15-12-22-14-23(15)13-20(19)29-18-3-1-16(2-4-18)27-9-10-28-17-5-7-26-8-6-17/h1-4,11-14,17H,5-10H2,(H,24,25). The van der Waals surface area contributed by atoms with Gasteiger partial charge in [-0.15, -0.1) is 0 Å². The van der Waals surface area contributed by atoms with E-state index >= 15 is 0 Å². The summed E-state index contributed by atoms with van der Waals surface area (Å²) in [5, 5.41) is 9.45. The number of pyridine rings is 1. The van der Waals surface area contributed by atoms with E-state index in [0.717, 1.165) is 26.1 Å². The van der Waals surface area contributed by atoms with Crippen LogP contribution in [0.1, 0.15) is 23.2 Å². The number of benzene rings is 1. The van der Waals surface area contributed by atoms with Crippen LogP contribution in [0, 0.1) is 0 Å². The first-order chi connectivity index (χ1) is 14.2. The number of carbonyl (C=O) groups is 1. The van der Waals surface area contributed by atoms with E-state index in [4.69, 9.17) is 18.9 Å². The first-order valence-corrected chi connectivity index (χ1v) is 9.48. The number of hydrogen-bond acceptors (Lipinski definition) is 6. The van der Waals surface area contributed by atoms with Crippen molar-refractivity contribution in [2.45, 2.75) is 18.9 Å². The Labute approximate surface area is 167 Å². The van der Waals surface area contributed by atoms with Gasteiger partial charge >= 0.3 is 5.97 Å². The van der Waals surface area contributed by atoms with Gasteiger partial charge in [0, 0.05) is 13.2 Å². The highest BCUT2D eigenvalue weighted by atomic mass is 16.5. The van der Waals surface area contributed by atoms with Crippen LogP contribution in [0.3, 0.4) is 0 Å². The molecule has 3 aromatic rings. The lowest BCUT2D eigenvalue weighted by Gasteiger charge is -2.22. The predicted molar refractivity (Wildman–Crippen MR) is 104 cm³/mol.